The van der Waals surface area contributed by atoms with E-state index in [1.165, 1.54) is 11.3 Å². The van der Waals surface area contributed by atoms with Crippen LogP contribution in [0.3, 0.4) is 0 Å². The largest absolute Gasteiger partial charge is 0.497 e. The molecule has 1 aliphatic carbocycles. The van der Waals surface area contributed by atoms with Crippen LogP contribution in [-0.2, 0) is 4.79 Å². The molecule has 6 nitrogen and oxygen atoms in total. The molecule has 1 aliphatic rings. The maximum atomic E-state index is 12.3. The van der Waals surface area contributed by atoms with E-state index in [9.17, 15) is 9.59 Å². The van der Waals surface area contributed by atoms with Gasteiger partial charge in [-0.3, -0.25) is 9.59 Å². The molecular weight excluding hydrogens is 328 g/mol. The summed E-state index contributed by atoms with van der Waals surface area (Å²) in [6, 6.07) is 7.40. The molecule has 1 heterocycles. The molecule has 0 unspecified atom stereocenters. The van der Waals surface area contributed by atoms with E-state index in [1.54, 1.807) is 12.5 Å². The van der Waals surface area contributed by atoms with Gasteiger partial charge in [0, 0.05) is 17.0 Å². The van der Waals surface area contributed by atoms with E-state index < -0.39 is 5.97 Å². The lowest BCUT2D eigenvalue weighted by Crippen LogP contribution is -2.33. The highest BCUT2D eigenvalue weighted by Crippen LogP contribution is 2.27. The molecule has 0 spiro atoms. The quantitative estimate of drug-likeness (QED) is 0.869. The first-order valence-electron chi connectivity index (χ1n) is 7.70. The lowest BCUT2D eigenvalue weighted by atomic mass is 10.1. The normalized spacial score (nSPS) is 19.9. The van der Waals surface area contributed by atoms with Gasteiger partial charge >= 0.3 is 5.97 Å². The number of carboxylic acids is 1. The molecule has 1 fully saturated rings. The minimum absolute atomic E-state index is 0.0928. The van der Waals surface area contributed by atoms with Gasteiger partial charge in [0.1, 0.15) is 16.5 Å². The number of nitrogens with zero attached hydrogens (tertiary/aromatic N) is 1. The van der Waals surface area contributed by atoms with Crippen molar-refractivity contribution in [3.05, 3.63) is 35.3 Å². The monoisotopic (exact) mass is 346 g/mol. The summed E-state index contributed by atoms with van der Waals surface area (Å²) in [4.78, 5) is 27.6. The third-order valence-electron chi connectivity index (χ3n) is 4.19. The number of methoxy groups -OCH3 is 1. The van der Waals surface area contributed by atoms with Crippen LogP contribution in [0.15, 0.2) is 29.6 Å². The zero-order chi connectivity index (χ0) is 17.1. The number of thiazole rings is 1. The number of hydrogen-bond acceptors (Lipinski definition) is 5. The summed E-state index contributed by atoms with van der Waals surface area (Å²) in [5.41, 5.74) is 1.29. The summed E-state index contributed by atoms with van der Waals surface area (Å²) in [7, 11) is 1.61. The summed E-state index contributed by atoms with van der Waals surface area (Å²) in [5, 5.41) is 14.4. The fourth-order valence-corrected chi connectivity index (χ4v) is 3.65. The lowest BCUT2D eigenvalue weighted by Gasteiger charge is -2.10. The predicted octanol–water partition coefficient (Wildman–Crippen LogP) is 2.80. The van der Waals surface area contributed by atoms with Gasteiger partial charge in [0.05, 0.1) is 13.0 Å². The first-order chi connectivity index (χ1) is 11.6. The topological polar surface area (TPSA) is 88.5 Å². The zero-order valence-corrected chi connectivity index (χ0v) is 14.0. The highest BCUT2D eigenvalue weighted by Gasteiger charge is 2.31. The minimum Gasteiger partial charge on any atom is -0.497 e. The Kier molecular flexibility index (Phi) is 4.80. The zero-order valence-electron chi connectivity index (χ0n) is 13.2. The Hall–Kier alpha value is -2.41. The van der Waals surface area contributed by atoms with Gasteiger partial charge in [-0.2, -0.15) is 0 Å². The molecule has 3 rings (SSSR count). The lowest BCUT2D eigenvalue weighted by molar-refractivity contribution is -0.141. The number of hydrogen-bond donors (Lipinski definition) is 2. The number of carboxylic acid groups (broad SMARTS) is 1. The van der Waals surface area contributed by atoms with E-state index in [1.807, 2.05) is 24.3 Å². The average molecular weight is 346 g/mol. The number of carbonyl (C=O) groups excluding carboxylic acids is 1. The van der Waals surface area contributed by atoms with Gasteiger partial charge in [0.2, 0.25) is 0 Å². The predicted molar refractivity (Wildman–Crippen MR) is 90.3 cm³/mol. The fourth-order valence-electron chi connectivity index (χ4n) is 2.84. The van der Waals surface area contributed by atoms with Crippen LogP contribution in [0.1, 0.15) is 29.8 Å². The van der Waals surface area contributed by atoms with E-state index in [4.69, 9.17) is 9.84 Å². The van der Waals surface area contributed by atoms with Gasteiger partial charge in [-0.1, -0.05) is 0 Å². The van der Waals surface area contributed by atoms with Crippen molar-refractivity contribution in [3.8, 4) is 16.3 Å². The van der Waals surface area contributed by atoms with Crippen LogP contribution in [-0.4, -0.2) is 35.1 Å². The standard InChI is InChI=1S/C17H18N2O4S/c1-23-13-6-3-10(4-7-13)16-19-14(9-24-16)15(20)18-12-5-2-11(8-12)17(21)22/h3-4,6-7,9,11-12H,2,5,8H2,1H3,(H,18,20)(H,21,22)/t11-,12+/m1/s1. The fraction of sp³-hybridized carbons (Fsp3) is 0.353. The van der Waals surface area contributed by atoms with Crippen LogP contribution in [0.4, 0.5) is 0 Å². The molecule has 1 aromatic heterocycles. The van der Waals surface area contributed by atoms with Crippen molar-refractivity contribution < 1.29 is 19.4 Å². The molecule has 0 aliphatic heterocycles. The Bertz CT molecular complexity index is 741. The van der Waals surface area contributed by atoms with E-state index in [0.717, 1.165) is 16.3 Å². The van der Waals surface area contributed by atoms with Crippen molar-refractivity contribution in [2.24, 2.45) is 5.92 Å². The average Bonchev–Trinajstić information content (AvgIpc) is 3.24. The van der Waals surface area contributed by atoms with Gasteiger partial charge in [-0.25, -0.2) is 4.98 Å². The summed E-state index contributed by atoms with van der Waals surface area (Å²) in [6.45, 7) is 0. The second-order valence-electron chi connectivity index (χ2n) is 5.78. The number of nitrogens with one attached hydrogen (secondary N) is 1. The summed E-state index contributed by atoms with van der Waals surface area (Å²) < 4.78 is 5.13. The molecule has 24 heavy (non-hydrogen) atoms. The Morgan fingerprint density at radius 2 is 2.04 bits per heavy atom. The summed E-state index contributed by atoms with van der Waals surface area (Å²) in [6.07, 6.45) is 1.78. The number of benzene rings is 1. The third kappa shape index (κ3) is 3.56. The van der Waals surface area contributed by atoms with Gasteiger partial charge < -0.3 is 15.2 Å². The molecule has 126 valence electrons. The van der Waals surface area contributed by atoms with Crippen LogP contribution in [0, 0.1) is 5.92 Å². The molecule has 1 saturated carbocycles. The Morgan fingerprint density at radius 1 is 1.29 bits per heavy atom. The molecule has 0 saturated heterocycles. The van der Waals surface area contributed by atoms with E-state index >= 15 is 0 Å². The number of carbonyl (C=O) groups is 2. The Balaban J connectivity index is 1.64. The third-order valence-corrected chi connectivity index (χ3v) is 5.08. The summed E-state index contributed by atoms with van der Waals surface area (Å²) >= 11 is 1.40. The van der Waals surface area contributed by atoms with Gasteiger partial charge in [0.15, 0.2) is 0 Å². The number of aliphatic carboxylic acids is 1. The van der Waals surface area contributed by atoms with E-state index in [2.05, 4.69) is 10.3 Å². The molecule has 2 atom stereocenters. The molecule has 0 radical (unpaired) electrons. The molecule has 7 heteroatoms. The van der Waals surface area contributed by atoms with Crippen molar-refractivity contribution in [2.45, 2.75) is 25.3 Å². The highest BCUT2D eigenvalue weighted by molar-refractivity contribution is 7.13. The first-order valence-corrected chi connectivity index (χ1v) is 8.58. The Morgan fingerprint density at radius 3 is 2.67 bits per heavy atom. The van der Waals surface area contributed by atoms with E-state index in [-0.39, 0.29) is 17.9 Å². The van der Waals surface area contributed by atoms with E-state index in [0.29, 0.717) is 25.0 Å². The van der Waals surface area contributed by atoms with Gasteiger partial charge in [0.25, 0.3) is 5.91 Å². The SMILES string of the molecule is COc1ccc(-c2nc(C(=O)N[C@H]3CC[C@@H](C(=O)O)C3)cs2)cc1. The number of ether oxygens (including phenoxy) is 1. The van der Waals surface area contributed by atoms with Crippen LogP contribution in [0.2, 0.25) is 0 Å². The molecule has 2 aromatic rings. The Labute approximate surface area is 143 Å². The van der Waals surface area contributed by atoms with Crippen molar-refractivity contribution in [3.63, 3.8) is 0 Å². The second kappa shape index (κ2) is 7.00. The number of amides is 1. The maximum absolute atomic E-state index is 12.3. The van der Waals surface area contributed by atoms with Crippen molar-refractivity contribution in [1.29, 1.82) is 0 Å². The van der Waals surface area contributed by atoms with Crippen LogP contribution in [0.5, 0.6) is 5.75 Å². The van der Waals surface area contributed by atoms with Gasteiger partial charge in [-0.05, 0) is 43.5 Å². The van der Waals surface area contributed by atoms with Crippen molar-refractivity contribution >= 4 is 23.2 Å². The summed E-state index contributed by atoms with van der Waals surface area (Å²) in [5.74, 6) is -0.632. The smallest absolute Gasteiger partial charge is 0.306 e. The highest BCUT2D eigenvalue weighted by atomic mass is 32.1. The molecular formula is C17H18N2O4S. The molecule has 1 aromatic carbocycles. The molecule has 1 amide bonds. The van der Waals surface area contributed by atoms with Crippen LogP contribution in [0.25, 0.3) is 10.6 Å². The van der Waals surface area contributed by atoms with Crippen molar-refractivity contribution in [1.82, 2.24) is 10.3 Å². The number of aromatic nitrogens is 1. The number of rotatable bonds is 5. The molecule has 0 bridgehead atoms. The van der Waals surface area contributed by atoms with Crippen LogP contribution < -0.4 is 10.1 Å². The van der Waals surface area contributed by atoms with Crippen LogP contribution >= 0.6 is 11.3 Å². The van der Waals surface area contributed by atoms with Gasteiger partial charge in [-0.15, -0.1) is 11.3 Å². The first kappa shape index (κ1) is 16.4. The second-order valence-corrected chi connectivity index (χ2v) is 6.64. The molecule has 2 N–H and O–H groups in total. The minimum atomic E-state index is -0.790. The maximum Gasteiger partial charge on any atom is 0.306 e. The van der Waals surface area contributed by atoms with Crippen molar-refractivity contribution in [2.75, 3.05) is 7.11 Å².